The van der Waals surface area contributed by atoms with Crippen LogP contribution in [-0.4, -0.2) is 5.97 Å². The number of fused-ring (bicyclic) bond motifs is 1. The van der Waals surface area contributed by atoms with E-state index in [1.165, 1.54) is 0 Å². The Balaban J connectivity index is 2.66. The number of halogens is 1. The van der Waals surface area contributed by atoms with Gasteiger partial charge >= 0.3 is 5.97 Å². The molecule has 0 unspecified atom stereocenters. The Bertz CT molecular complexity index is 396. The molecule has 0 atom stereocenters. The molecular formula is C10H7ClO2. The van der Waals surface area contributed by atoms with E-state index in [9.17, 15) is 4.79 Å². The monoisotopic (exact) mass is 194 g/mol. The van der Waals surface area contributed by atoms with Gasteiger partial charge in [0, 0.05) is 5.56 Å². The van der Waals surface area contributed by atoms with E-state index in [0.29, 0.717) is 10.6 Å². The fraction of sp³-hybridized carbons (Fsp3) is 0.100. The molecule has 0 amide bonds. The molecule has 0 saturated heterocycles. The number of carbonyl (C=O) groups is 1. The van der Waals surface area contributed by atoms with Crippen molar-refractivity contribution in [2.45, 2.75) is 6.61 Å². The molecular weight excluding hydrogens is 188 g/mol. The van der Waals surface area contributed by atoms with Gasteiger partial charge < -0.3 is 4.74 Å². The molecule has 2 nitrogen and oxygen atoms in total. The lowest BCUT2D eigenvalue weighted by molar-refractivity contribution is 0.0535. The maximum absolute atomic E-state index is 11.1. The van der Waals surface area contributed by atoms with Gasteiger partial charge in [-0.15, -0.1) is 0 Å². The quantitative estimate of drug-likeness (QED) is 0.643. The minimum absolute atomic E-state index is 0.272. The molecule has 0 N–H and O–H groups in total. The summed E-state index contributed by atoms with van der Waals surface area (Å²) >= 11 is 6.02. The predicted molar refractivity (Wildman–Crippen MR) is 50.7 cm³/mol. The molecule has 3 heteroatoms. The topological polar surface area (TPSA) is 26.3 Å². The number of benzene rings is 1. The zero-order valence-corrected chi connectivity index (χ0v) is 7.60. The third-order valence-electron chi connectivity index (χ3n) is 2.06. The molecule has 2 rings (SSSR count). The average molecular weight is 195 g/mol. The van der Waals surface area contributed by atoms with Crippen LogP contribution in [0.1, 0.15) is 21.5 Å². The molecule has 1 aliphatic rings. The number of rotatable bonds is 1. The van der Waals surface area contributed by atoms with Crippen LogP contribution in [0.2, 0.25) is 5.02 Å². The van der Waals surface area contributed by atoms with Gasteiger partial charge in [0.25, 0.3) is 0 Å². The summed E-state index contributed by atoms with van der Waals surface area (Å²) in [6.45, 7) is 3.90. The number of cyclic esters (lactones) is 1. The van der Waals surface area contributed by atoms with Crippen molar-refractivity contribution in [3.63, 3.8) is 0 Å². The molecule has 0 fully saturated rings. The van der Waals surface area contributed by atoms with Gasteiger partial charge in [0.2, 0.25) is 0 Å². The molecule has 0 saturated carbocycles. The highest BCUT2D eigenvalue weighted by Gasteiger charge is 2.24. The van der Waals surface area contributed by atoms with E-state index in [1.54, 1.807) is 18.2 Å². The Labute approximate surface area is 80.8 Å². The molecule has 0 radical (unpaired) electrons. The molecule has 1 aromatic carbocycles. The standard InChI is InChI=1S/C10H7ClO2/c1-2-6-3-4-7-8(9(6)11)5-13-10(7)12/h2-4H,1,5H2. The van der Waals surface area contributed by atoms with Crippen molar-refractivity contribution >= 4 is 23.6 Å². The van der Waals surface area contributed by atoms with E-state index < -0.39 is 0 Å². The van der Waals surface area contributed by atoms with Crippen LogP contribution in [0.3, 0.4) is 0 Å². The van der Waals surface area contributed by atoms with Crippen LogP contribution in [0, 0.1) is 0 Å². The number of hydrogen-bond donors (Lipinski definition) is 0. The Morgan fingerprint density at radius 1 is 1.54 bits per heavy atom. The predicted octanol–water partition coefficient (Wildman–Crippen LogP) is 2.65. The van der Waals surface area contributed by atoms with E-state index in [2.05, 4.69) is 6.58 Å². The Morgan fingerprint density at radius 2 is 2.31 bits per heavy atom. The summed E-state index contributed by atoms with van der Waals surface area (Å²) in [4.78, 5) is 11.1. The SMILES string of the molecule is C=Cc1ccc2c(c1Cl)COC2=O. The van der Waals surface area contributed by atoms with Crippen molar-refractivity contribution in [3.05, 3.63) is 40.4 Å². The first-order chi connectivity index (χ1) is 6.24. The molecule has 1 aromatic rings. The lowest BCUT2D eigenvalue weighted by Gasteiger charge is -2.01. The number of ether oxygens (including phenoxy) is 1. The second-order valence-corrected chi connectivity index (χ2v) is 3.15. The highest BCUT2D eigenvalue weighted by molar-refractivity contribution is 6.33. The van der Waals surface area contributed by atoms with E-state index in [0.717, 1.165) is 11.1 Å². The van der Waals surface area contributed by atoms with Gasteiger partial charge in [0.1, 0.15) is 6.61 Å². The number of carbonyl (C=O) groups excluding carboxylic acids is 1. The smallest absolute Gasteiger partial charge is 0.338 e. The first-order valence-electron chi connectivity index (χ1n) is 3.85. The van der Waals surface area contributed by atoms with Crippen LogP contribution in [-0.2, 0) is 11.3 Å². The molecule has 0 aliphatic carbocycles. The first-order valence-corrected chi connectivity index (χ1v) is 4.23. The van der Waals surface area contributed by atoms with Crippen LogP contribution >= 0.6 is 11.6 Å². The van der Waals surface area contributed by atoms with Crippen molar-refractivity contribution in [3.8, 4) is 0 Å². The van der Waals surface area contributed by atoms with Gasteiger partial charge in [-0.25, -0.2) is 4.79 Å². The second kappa shape index (κ2) is 2.89. The van der Waals surface area contributed by atoms with Gasteiger partial charge in [-0.3, -0.25) is 0 Å². The van der Waals surface area contributed by atoms with Crippen molar-refractivity contribution in [1.29, 1.82) is 0 Å². The fourth-order valence-corrected chi connectivity index (χ4v) is 1.64. The summed E-state index contributed by atoms with van der Waals surface area (Å²) < 4.78 is 4.85. The Kier molecular flexibility index (Phi) is 1.85. The molecule has 0 bridgehead atoms. The van der Waals surface area contributed by atoms with Gasteiger partial charge in [-0.2, -0.15) is 0 Å². The van der Waals surface area contributed by atoms with Gasteiger partial charge in [-0.05, 0) is 11.6 Å². The zero-order chi connectivity index (χ0) is 9.42. The van der Waals surface area contributed by atoms with Crippen LogP contribution in [0.4, 0.5) is 0 Å². The minimum Gasteiger partial charge on any atom is -0.457 e. The van der Waals surface area contributed by atoms with E-state index in [1.807, 2.05) is 0 Å². The van der Waals surface area contributed by atoms with Crippen LogP contribution in [0.25, 0.3) is 6.08 Å². The highest BCUT2D eigenvalue weighted by atomic mass is 35.5. The van der Waals surface area contributed by atoms with Crippen molar-refractivity contribution < 1.29 is 9.53 Å². The zero-order valence-electron chi connectivity index (χ0n) is 6.84. The summed E-state index contributed by atoms with van der Waals surface area (Å²) in [6, 6.07) is 3.48. The van der Waals surface area contributed by atoms with Crippen LogP contribution < -0.4 is 0 Å². The molecule has 0 spiro atoms. The third kappa shape index (κ3) is 1.14. The van der Waals surface area contributed by atoms with E-state index >= 15 is 0 Å². The average Bonchev–Trinajstić information content (AvgIpc) is 2.50. The molecule has 1 heterocycles. The van der Waals surface area contributed by atoms with Gasteiger partial charge in [0.05, 0.1) is 10.6 Å². The summed E-state index contributed by atoms with van der Waals surface area (Å²) in [6.07, 6.45) is 1.66. The maximum Gasteiger partial charge on any atom is 0.338 e. The second-order valence-electron chi connectivity index (χ2n) is 2.78. The summed E-state index contributed by atoms with van der Waals surface area (Å²) in [5, 5.41) is 0.568. The number of esters is 1. The van der Waals surface area contributed by atoms with Crippen molar-refractivity contribution in [2.24, 2.45) is 0 Å². The molecule has 0 aromatic heterocycles. The lowest BCUT2D eigenvalue weighted by atomic mass is 10.1. The largest absolute Gasteiger partial charge is 0.457 e. The van der Waals surface area contributed by atoms with Gasteiger partial charge in [0.15, 0.2) is 0 Å². The Morgan fingerprint density at radius 3 is 3.00 bits per heavy atom. The number of hydrogen-bond acceptors (Lipinski definition) is 2. The normalized spacial score (nSPS) is 13.8. The summed E-state index contributed by atoms with van der Waals surface area (Å²) in [5.74, 6) is -0.299. The summed E-state index contributed by atoms with van der Waals surface area (Å²) in [5.41, 5.74) is 2.17. The van der Waals surface area contributed by atoms with Crippen LogP contribution in [0.5, 0.6) is 0 Å². The van der Waals surface area contributed by atoms with Crippen molar-refractivity contribution in [2.75, 3.05) is 0 Å². The highest BCUT2D eigenvalue weighted by Crippen LogP contribution is 2.30. The summed E-state index contributed by atoms with van der Waals surface area (Å²) in [7, 11) is 0. The third-order valence-corrected chi connectivity index (χ3v) is 2.51. The molecule has 13 heavy (non-hydrogen) atoms. The van der Waals surface area contributed by atoms with E-state index in [-0.39, 0.29) is 12.6 Å². The molecule has 1 aliphatic heterocycles. The Hall–Kier alpha value is -1.28. The minimum atomic E-state index is -0.299. The van der Waals surface area contributed by atoms with Crippen LogP contribution in [0.15, 0.2) is 18.7 Å². The lowest BCUT2D eigenvalue weighted by Crippen LogP contribution is -1.93. The fourth-order valence-electron chi connectivity index (χ4n) is 1.34. The molecule has 66 valence electrons. The van der Waals surface area contributed by atoms with E-state index in [4.69, 9.17) is 16.3 Å². The van der Waals surface area contributed by atoms with Crippen molar-refractivity contribution in [1.82, 2.24) is 0 Å². The first kappa shape index (κ1) is 8.32. The van der Waals surface area contributed by atoms with Gasteiger partial charge in [-0.1, -0.05) is 30.3 Å². The maximum atomic E-state index is 11.1.